The standard InChI is InChI=1S/C12H13NO4S/c1-18(14,15)11-3-2-9-4-5-13(12(9)6-11)17-8-10-7-16-10/h2-6,10H,7-8H2,1H3. The summed E-state index contributed by atoms with van der Waals surface area (Å²) in [6, 6.07) is 6.89. The van der Waals surface area contributed by atoms with Crippen LogP contribution in [0.2, 0.25) is 0 Å². The van der Waals surface area contributed by atoms with Crippen molar-refractivity contribution in [2.45, 2.75) is 11.0 Å². The lowest BCUT2D eigenvalue weighted by Gasteiger charge is -2.07. The summed E-state index contributed by atoms with van der Waals surface area (Å²) in [5.41, 5.74) is 0.749. The summed E-state index contributed by atoms with van der Waals surface area (Å²) in [6.07, 6.45) is 3.14. The minimum absolute atomic E-state index is 0.167. The number of aromatic nitrogens is 1. The molecule has 0 amide bonds. The van der Waals surface area contributed by atoms with Crippen LogP contribution in [0.3, 0.4) is 0 Å². The van der Waals surface area contributed by atoms with Gasteiger partial charge >= 0.3 is 0 Å². The van der Waals surface area contributed by atoms with Crippen LogP contribution in [0.15, 0.2) is 35.4 Å². The van der Waals surface area contributed by atoms with Gasteiger partial charge in [0.2, 0.25) is 0 Å². The zero-order valence-corrected chi connectivity index (χ0v) is 10.7. The van der Waals surface area contributed by atoms with E-state index in [1.165, 1.54) is 6.26 Å². The molecule has 1 aliphatic heterocycles. The monoisotopic (exact) mass is 267 g/mol. The number of rotatable bonds is 4. The first kappa shape index (κ1) is 11.6. The minimum atomic E-state index is -3.20. The summed E-state index contributed by atoms with van der Waals surface area (Å²) in [5.74, 6) is 0. The Balaban J connectivity index is 1.98. The molecule has 6 heteroatoms. The maximum Gasteiger partial charge on any atom is 0.175 e. The summed E-state index contributed by atoms with van der Waals surface area (Å²) in [5, 5.41) is 0.944. The Kier molecular flexibility index (Phi) is 2.57. The van der Waals surface area contributed by atoms with Gasteiger partial charge in [-0.3, -0.25) is 0 Å². The molecule has 1 aromatic heterocycles. The molecule has 0 N–H and O–H groups in total. The van der Waals surface area contributed by atoms with Crippen molar-refractivity contribution < 1.29 is 18.0 Å². The summed E-state index contributed by atoms with van der Waals surface area (Å²) in [6.45, 7) is 1.21. The number of sulfone groups is 1. The Morgan fingerprint density at radius 3 is 2.89 bits per heavy atom. The highest BCUT2D eigenvalue weighted by atomic mass is 32.2. The Hall–Kier alpha value is -1.53. The Morgan fingerprint density at radius 2 is 2.22 bits per heavy atom. The Labute approximate surface area is 105 Å². The molecule has 0 saturated carbocycles. The molecule has 2 heterocycles. The topological polar surface area (TPSA) is 60.8 Å². The van der Waals surface area contributed by atoms with Gasteiger partial charge in [-0.15, -0.1) is 0 Å². The van der Waals surface area contributed by atoms with Gasteiger partial charge in [0.25, 0.3) is 0 Å². The molecule has 1 aliphatic rings. The van der Waals surface area contributed by atoms with E-state index in [-0.39, 0.29) is 6.10 Å². The number of fused-ring (bicyclic) bond motifs is 1. The molecule has 1 unspecified atom stereocenters. The van der Waals surface area contributed by atoms with Crippen LogP contribution < -0.4 is 4.84 Å². The molecule has 0 bridgehead atoms. The molecule has 1 saturated heterocycles. The van der Waals surface area contributed by atoms with E-state index < -0.39 is 9.84 Å². The Bertz CT molecular complexity index is 685. The molecule has 0 radical (unpaired) electrons. The molecule has 96 valence electrons. The quantitative estimate of drug-likeness (QED) is 0.771. The maximum absolute atomic E-state index is 11.5. The number of epoxide rings is 1. The molecule has 0 spiro atoms. The summed E-state index contributed by atoms with van der Waals surface area (Å²) < 4.78 is 29.7. The van der Waals surface area contributed by atoms with E-state index in [0.29, 0.717) is 11.5 Å². The van der Waals surface area contributed by atoms with Gasteiger partial charge in [0, 0.05) is 17.8 Å². The first-order chi connectivity index (χ1) is 8.54. The van der Waals surface area contributed by atoms with Gasteiger partial charge in [-0.25, -0.2) is 8.42 Å². The van der Waals surface area contributed by atoms with Crippen LogP contribution in [0.25, 0.3) is 10.9 Å². The predicted octanol–water partition coefficient (Wildman–Crippen LogP) is 0.872. The van der Waals surface area contributed by atoms with Crippen LogP contribution in [-0.4, -0.2) is 38.7 Å². The molecule has 0 aliphatic carbocycles. The molecule has 1 atom stereocenters. The summed E-state index contributed by atoms with van der Waals surface area (Å²) in [4.78, 5) is 5.84. The molecular formula is C12H13NO4S. The maximum atomic E-state index is 11.5. The molecule has 5 nitrogen and oxygen atoms in total. The fourth-order valence-corrected chi connectivity index (χ4v) is 2.40. The zero-order valence-electron chi connectivity index (χ0n) is 9.87. The van der Waals surface area contributed by atoms with Crippen molar-refractivity contribution in [3.05, 3.63) is 30.5 Å². The smallest absolute Gasteiger partial charge is 0.175 e. The number of hydrogen-bond acceptors (Lipinski definition) is 4. The summed E-state index contributed by atoms with van der Waals surface area (Å²) >= 11 is 0. The van der Waals surface area contributed by atoms with Crippen molar-refractivity contribution in [1.29, 1.82) is 0 Å². The fraction of sp³-hybridized carbons (Fsp3) is 0.333. The lowest BCUT2D eigenvalue weighted by atomic mass is 10.2. The first-order valence-electron chi connectivity index (χ1n) is 5.60. The second kappa shape index (κ2) is 4.00. The van der Waals surface area contributed by atoms with Crippen molar-refractivity contribution in [3.8, 4) is 0 Å². The molecule has 2 aromatic rings. The number of benzene rings is 1. The van der Waals surface area contributed by atoms with Gasteiger partial charge in [0.1, 0.15) is 12.7 Å². The van der Waals surface area contributed by atoms with Gasteiger partial charge < -0.3 is 9.57 Å². The van der Waals surface area contributed by atoms with Crippen LogP contribution in [0.4, 0.5) is 0 Å². The number of ether oxygens (including phenoxy) is 1. The van der Waals surface area contributed by atoms with Crippen molar-refractivity contribution in [2.75, 3.05) is 19.5 Å². The Morgan fingerprint density at radius 1 is 1.44 bits per heavy atom. The van der Waals surface area contributed by atoms with E-state index in [1.807, 2.05) is 6.07 Å². The second-order valence-corrected chi connectivity index (χ2v) is 6.40. The summed E-state index contributed by atoms with van der Waals surface area (Å²) in [7, 11) is -3.20. The fourth-order valence-electron chi connectivity index (χ4n) is 1.75. The third-order valence-electron chi connectivity index (χ3n) is 2.86. The van der Waals surface area contributed by atoms with Crippen LogP contribution in [0.5, 0.6) is 0 Å². The highest BCUT2D eigenvalue weighted by Gasteiger charge is 2.23. The van der Waals surface area contributed by atoms with Crippen molar-refractivity contribution >= 4 is 20.7 Å². The SMILES string of the molecule is CS(=O)(=O)c1ccc2ccn(OCC3CO3)c2c1. The largest absolute Gasteiger partial charge is 0.411 e. The van der Waals surface area contributed by atoms with Crippen LogP contribution in [0.1, 0.15) is 0 Å². The van der Waals surface area contributed by atoms with Crippen molar-refractivity contribution in [2.24, 2.45) is 0 Å². The molecule has 1 aromatic carbocycles. The zero-order chi connectivity index (χ0) is 12.8. The van der Waals surface area contributed by atoms with Crippen LogP contribution in [0, 0.1) is 0 Å². The van der Waals surface area contributed by atoms with Crippen molar-refractivity contribution in [1.82, 2.24) is 4.73 Å². The number of nitrogens with zero attached hydrogens (tertiary/aromatic N) is 1. The van der Waals surface area contributed by atoms with E-state index in [2.05, 4.69) is 0 Å². The van der Waals surface area contributed by atoms with E-state index in [9.17, 15) is 8.42 Å². The van der Waals surface area contributed by atoms with E-state index in [0.717, 1.165) is 17.5 Å². The average molecular weight is 267 g/mol. The van der Waals surface area contributed by atoms with Gasteiger partial charge in [0.05, 0.1) is 17.0 Å². The first-order valence-corrected chi connectivity index (χ1v) is 7.49. The van der Waals surface area contributed by atoms with Crippen molar-refractivity contribution in [3.63, 3.8) is 0 Å². The highest BCUT2D eigenvalue weighted by molar-refractivity contribution is 7.90. The van der Waals surface area contributed by atoms with E-state index in [4.69, 9.17) is 9.57 Å². The lowest BCUT2D eigenvalue weighted by Crippen LogP contribution is -2.15. The molecule has 18 heavy (non-hydrogen) atoms. The third-order valence-corrected chi connectivity index (χ3v) is 3.97. The lowest BCUT2D eigenvalue weighted by molar-refractivity contribution is 0.104. The van der Waals surface area contributed by atoms with E-state index in [1.54, 1.807) is 29.1 Å². The van der Waals surface area contributed by atoms with Gasteiger partial charge in [0.15, 0.2) is 9.84 Å². The van der Waals surface area contributed by atoms with Gasteiger partial charge in [-0.1, -0.05) is 6.07 Å². The normalized spacial score (nSPS) is 19.1. The highest BCUT2D eigenvalue weighted by Crippen LogP contribution is 2.20. The third kappa shape index (κ3) is 2.21. The molecule has 1 fully saturated rings. The van der Waals surface area contributed by atoms with Crippen LogP contribution in [-0.2, 0) is 14.6 Å². The molecule has 3 rings (SSSR count). The van der Waals surface area contributed by atoms with Crippen LogP contribution >= 0.6 is 0 Å². The second-order valence-electron chi connectivity index (χ2n) is 4.39. The molecular weight excluding hydrogens is 254 g/mol. The van der Waals surface area contributed by atoms with E-state index >= 15 is 0 Å². The average Bonchev–Trinajstić information content (AvgIpc) is 3.05. The van der Waals surface area contributed by atoms with Gasteiger partial charge in [-0.2, -0.15) is 4.73 Å². The predicted molar refractivity (Wildman–Crippen MR) is 66.2 cm³/mol. The minimum Gasteiger partial charge on any atom is -0.411 e. The number of hydrogen-bond donors (Lipinski definition) is 0. The van der Waals surface area contributed by atoms with Gasteiger partial charge in [-0.05, 0) is 18.2 Å².